The maximum absolute atomic E-state index is 14.3. The average Bonchev–Trinajstić information content (AvgIpc) is 3.53. The summed E-state index contributed by atoms with van der Waals surface area (Å²) >= 11 is 0. The maximum Gasteiger partial charge on any atom is 0.243 e. The summed E-state index contributed by atoms with van der Waals surface area (Å²) in [5.74, 6) is 0.0719. The fraction of sp³-hybridized carbons (Fsp3) is 0.406. The van der Waals surface area contributed by atoms with Gasteiger partial charge in [-0.1, -0.05) is 60.7 Å². The highest BCUT2D eigenvalue weighted by Gasteiger charge is 2.47. The van der Waals surface area contributed by atoms with Gasteiger partial charge in [0.15, 0.2) is 0 Å². The van der Waals surface area contributed by atoms with Crippen LogP contribution in [0.25, 0.3) is 10.8 Å². The van der Waals surface area contributed by atoms with Crippen LogP contribution in [0.1, 0.15) is 36.8 Å². The molecule has 39 heavy (non-hydrogen) atoms. The highest BCUT2D eigenvalue weighted by atomic mass is 16.5. The number of benzene rings is 3. The van der Waals surface area contributed by atoms with E-state index in [9.17, 15) is 14.9 Å². The van der Waals surface area contributed by atoms with E-state index in [4.69, 9.17) is 4.74 Å². The number of para-hydroxylation sites is 1. The average molecular weight is 525 g/mol. The Labute approximate surface area is 230 Å². The molecule has 2 aliphatic rings. The highest BCUT2D eigenvalue weighted by Crippen LogP contribution is 2.47. The van der Waals surface area contributed by atoms with Crippen LogP contribution < -0.4 is 4.74 Å². The van der Waals surface area contributed by atoms with Gasteiger partial charge in [-0.05, 0) is 42.2 Å². The van der Waals surface area contributed by atoms with Crippen LogP contribution in [-0.2, 0) is 9.59 Å². The normalized spacial score (nSPS) is 18.4. The van der Waals surface area contributed by atoms with Gasteiger partial charge in [-0.3, -0.25) is 14.5 Å². The Hall–Kier alpha value is -3.89. The van der Waals surface area contributed by atoms with Gasteiger partial charge in [-0.25, -0.2) is 0 Å². The number of hydrogen-bond acceptors (Lipinski definition) is 5. The SMILES string of the molecule is COc1ccccc1[C@H](c1cccc2ccccc12)[C@@](C)(C#N)C(=O)N1CCN(CC(=O)N2CCCC2)CC1. The molecule has 2 aliphatic heterocycles. The van der Waals surface area contributed by atoms with E-state index in [1.165, 1.54) is 0 Å². The molecule has 0 spiro atoms. The number of amides is 2. The van der Waals surface area contributed by atoms with E-state index in [0.717, 1.165) is 47.8 Å². The van der Waals surface area contributed by atoms with Gasteiger partial charge in [0, 0.05) is 50.7 Å². The van der Waals surface area contributed by atoms with Crippen molar-refractivity contribution in [2.24, 2.45) is 5.41 Å². The van der Waals surface area contributed by atoms with E-state index in [1.54, 1.807) is 18.9 Å². The van der Waals surface area contributed by atoms with Gasteiger partial charge in [0.25, 0.3) is 0 Å². The first-order valence-corrected chi connectivity index (χ1v) is 13.8. The van der Waals surface area contributed by atoms with E-state index in [1.807, 2.05) is 71.6 Å². The molecule has 2 fully saturated rings. The fourth-order valence-electron chi connectivity index (χ4n) is 6.13. The number of carbonyl (C=O) groups excluding carboxylic acids is 2. The van der Waals surface area contributed by atoms with Crippen LogP contribution in [0.5, 0.6) is 5.75 Å². The lowest BCUT2D eigenvalue weighted by molar-refractivity contribution is -0.141. The quantitative estimate of drug-likeness (QED) is 0.461. The second kappa shape index (κ2) is 11.5. The van der Waals surface area contributed by atoms with Gasteiger partial charge in [-0.15, -0.1) is 0 Å². The number of nitriles is 1. The molecule has 7 heteroatoms. The predicted molar refractivity (Wildman–Crippen MR) is 151 cm³/mol. The van der Waals surface area contributed by atoms with E-state index in [0.29, 0.717) is 38.5 Å². The Morgan fingerprint density at radius 3 is 2.23 bits per heavy atom. The molecule has 7 nitrogen and oxygen atoms in total. The van der Waals surface area contributed by atoms with Gasteiger partial charge in [0.1, 0.15) is 11.2 Å². The predicted octanol–water partition coefficient (Wildman–Crippen LogP) is 4.28. The molecular weight excluding hydrogens is 488 g/mol. The molecular formula is C32H36N4O3. The molecule has 2 saturated heterocycles. The summed E-state index contributed by atoms with van der Waals surface area (Å²) in [6.07, 6.45) is 2.15. The van der Waals surface area contributed by atoms with Crippen LogP contribution in [0.15, 0.2) is 66.7 Å². The summed E-state index contributed by atoms with van der Waals surface area (Å²) in [5.41, 5.74) is 0.347. The zero-order valence-corrected chi connectivity index (χ0v) is 22.8. The summed E-state index contributed by atoms with van der Waals surface area (Å²) in [4.78, 5) is 32.8. The van der Waals surface area contributed by atoms with Crippen molar-refractivity contribution >= 4 is 22.6 Å². The molecule has 0 unspecified atom stereocenters. The molecule has 2 heterocycles. The summed E-state index contributed by atoms with van der Waals surface area (Å²) in [6, 6.07) is 24.2. The summed E-state index contributed by atoms with van der Waals surface area (Å²) < 4.78 is 5.74. The van der Waals surface area contributed by atoms with Gasteiger partial charge in [0.2, 0.25) is 11.8 Å². The Morgan fingerprint density at radius 1 is 0.872 bits per heavy atom. The Bertz CT molecular complexity index is 1380. The smallest absolute Gasteiger partial charge is 0.243 e. The van der Waals surface area contributed by atoms with Crippen molar-refractivity contribution in [1.82, 2.24) is 14.7 Å². The molecule has 0 bridgehead atoms. The minimum absolute atomic E-state index is 0.168. The zero-order chi connectivity index (χ0) is 27.4. The minimum atomic E-state index is -1.38. The third-order valence-corrected chi connectivity index (χ3v) is 8.32. The lowest BCUT2D eigenvalue weighted by atomic mass is 9.68. The Morgan fingerprint density at radius 2 is 1.51 bits per heavy atom. The molecule has 0 aliphatic carbocycles. The van der Waals surface area contributed by atoms with Crippen molar-refractivity contribution in [3.8, 4) is 11.8 Å². The second-order valence-electron chi connectivity index (χ2n) is 10.7. The molecule has 0 radical (unpaired) electrons. The topological polar surface area (TPSA) is 76.9 Å². The highest BCUT2D eigenvalue weighted by molar-refractivity contribution is 5.91. The number of fused-ring (bicyclic) bond motifs is 1. The first-order valence-electron chi connectivity index (χ1n) is 13.8. The zero-order valence-electron chi connectivity index (χ0n) is 22.8. The van der Waals surface area contributed by atoms with Crippen molar-refractivity contribution in [2.75, 3.05) is 52.9 Å². The number of nitrogens with zero attached hydrogens (tertiary/aromatic N) is 4. The number of piperazine rings is 1. The molecule has 3 aromatic rings. The minimum Gasteiger partial charge on any atom is -0.496 e. The molecule has 5 rings (SSSR count). The van der Waals surface area contributed by atoms with Gasteiger partial charge in [0.05, 0.1) is 19.7 Å². The van der Waals surface area contributed by atoms with Crippen molar-refractivity contribution < 1.29 is 14.3 Å². The first-order chi connectivity index (χ1) is 19.0. The lowest BCUT2D eigenvalue weighted by Gasteiger charge is -2.40. The summed E-state index contributed by atoms with van der Waals surface area (Å²) in [7, 11) is 1.62. The number of ether oxygens (including phenoxy) is 1. The number of methoxy groups -OCH3 is 1. The monoisotopic (exact) mass is 524 g/mol. The van der Waals surface area contributed by atoms with E-state index < -0.39 is 11.3 Å². The van der Waals surface area contributed by atoms with E-state index in [2.05, 4.69) is 11.0 Å². The van der Waals surface area contributed by atoms with Gasteiger partial charge < -0.3 is 14.5 Å². The lowest BCUT2D eigenvalue weighted by Crippen LogP contribution is -2.55. The van der Waals surface area contributed by atoms with Crippen molar-refractivity contribution in [3.63, 3.8) is 0 Å². The first kappa shape index (κ1) is 26.7. The van der Waals surface area contributed by atoms with Crippen molar-refractivity contribution in [1.29, 1.82) is 5.26 Å². The van der Waals surface area contributed by atoms with Crippen LogP contribution in [0.2, 0.25) is 0 Å². The Kier molecular flexibility index (Phi) is 7.85. The number of rotatable bonds is 7. The second-order valence-corrected chi connectivity index (χ2v) is 10.7. The van der Waals surface area contributed by atoms with Crippen LogP contribution in [0.4, 0.5) is 0 Å². The molecule has 0 aromatic heterocycles. The van der Waals surface area contributed by atoms with Crippen molar-refractivity contribution in [3.05, 3.63) is 77.9 Å². The number of likely N-dealkylation sites (tertiary alicyclic amines) is 1. The molecule has 0 saturated carbocycles. The van der Waals surface area contributed by atoms with Crippen LogP contribution in [-0.4, -0.2) is 79.4 Å². The molecule has 2 atom stereocenters. The van der Waals surface area contributed by atoms with E-state index >= 15 is 0 Å². The largest absolute Gasteiger partial charge is 0.496 e. The molecule has 0 N–H and O–H groups in total. The third-order valence-electron chi connectivity index (χ3n) is 8.32. The fourth-order valence-corrected chi connectivity index (χ4v) is 6.13. The van der Waals surface area contributed by atoms with Gasteiger partial charge >= 0.3 is 0 Å². The Balaban J connectivity index is 1.45. The van der Waals surface area contributed by atoms with Crippen molar-refractivity contribution in [2.45, 2.75) is 25.7 Å². The van der Waals surface area contributed by atoms with Crippen LogP contribution in [0.3, 0.4) is 0 Å². The maximum atomic E-state index is 14.3. The van der Waals surface area contributed by atoms with Crippen LogP contribution >= 0.6 is 0 Å². The standard InChI is InChI=1S/C32H36N4O3/c1-32(23-33,31(38)36-20-18-34(19-21-36)22-29(37)35-16-7-8-17-35)30(27-13-5-6-15-28(27)39-2)26-14-9-11-24-10-3-4-12-25(24)26/h3-6,9-15,30H,7-8,16-22H2,1-2H3/t30-,32+/m0/s1. The molecule has 2 amide bonds. The third kappa shape index (κ3) is 5.22. The summed E-state index contributed by atoms with van der Waals surface area (Å²) in [5, 5.41) is 12.8. The van der Waals surface area contributed by atoms with Crippen LogP contribution in [0, 0.1) is 16.7 Å². The molecule has 202 valence electrons. The number of hydrogen-bond donors (Lipinski definition) is 0. The number of carbonyl (C=O) groups is 2. The molecule has 3 aromatic carbocycles. The summed E-state index contributed by atoms with van der Waals surface area (Å²) in [6.45, 7) is 6.03. The van der Waals surface area contributed by atoms with E-state index in [-0.39, 0.29) is 11.8 Å². The van der Waals surface area contributed by atoms with Gasteiger partial charge in [-0.2, -0.15) is 5.26 Å².